The van der Waals surface area contributed by atoms with Crippen LogP contribution in [0.3, 0.4) is 0 Å². The van der Waals surface area contributed by atoms with Crippen LogP contribution in [0.25, 0.3) is 0 Å². The van der Waals surface area contributed by atoms with Gasteiger partial charge in [0.1, 0.15) is 0 Å². The minimum absolute atomic E-state index is 0.132. The fourth-order valence-corrected chi connectivity index (χ4v) is 2.22. The number of alkyl halides is 3. The number of hydrogen-bond donors (Lipinski definition) is 1. The first-order chi connectivity index (χ1) is 11.8. The van der Waals surface area contributed by atoms with Crippen molar-refractivity contribution in [3.8, 4) is 0 Å². The lowest BCUT2D eigenvalue weighted by Gasteiger charge is -2.13. The highest BCUT2D eigenvalue weighted by molar-refractivity contribution is 5.95. The van der Waals surface area contributed by atoms with Gasteiger partial charge in [0.25, 0.3) is 5.91 Å². The summed E-state index contributed by atoms with van der Waals surface area (Å²) in [6.45, 7) is 4.53. The lowest BCUT2D eigenvalue weighted by molar-refractivity contribution is -0.137. The van der Waals surface area contributed by atoms with Crippen LogP contribution in [0.2, 0.25) is 0 Å². The Hall–Kier alpha value is -2.34. The van der Waals surface area contributed by atoms with Crippen molar-refractivity contribution in [1.82, 2.24) is 5.32 Å². The zero-order valence-electron chi connectivity index (χ0n) is 14.1. The van der Waals surface area contributed by atoms with E-state index in [2.05, 4.69) is 5.32 Å². The van der Waals surface area contributed by atoms with E-state index in [0.29, 0.717) is 6.61 Å². The van der Waals surface area contributed by atoms with Crippen molar-refractivity contribution in [2.75, 3.05) is 0 Å². The van der Waals surface area contributed by atoms with Gasteiger partial charge in [0, 0.05) is 6.54 Å². The molecule has 3 nitrogen and oxygen atoms in total. The SMILES string of the molecule is CC(C)OCc1ccc(CNC(=O)c2ccccc2C(F)(F)F)cc1. The molecule has 0 bridgehead atoms. The molecule has 134 valence electrons. The largest absolute Gasteiger partial charge is 0.417 e. The summed E-state index contributed by atoms with van der Waals surface area (Å²) in [5, 5.41) is 2.53. The molecule has 1 N–H and O–H groups in total. The minimum Gasteiger partial charge on any atom is -0.374 e. The molecular formula is C19H20F3NO2. The smallest absolute Gasteiger partial charge is 0.374 e. The first-order valence-corrected chi connectivity index (χ1v) is 7.91. The third-order valence-electron chi connectivity index (χ3n) is 3.54. The van der Waals surface area contributed by atoms with Crippen LogP contribution in [0.1, 0.15) is 40.9 Å². The molecule has 25 heavy (non-hydrogen) atoms. The van der Waals surface area contributed by atoms with Gasteiger partial charge in [-0.3, -0.25) is 4.79 Å². The fraction of sp³-hybridized carbons (Fsp3) is 0.316. The Morgan fingerprint density at radius 1 is 1.04 bits per heavy atom. The molecule has 0 fully saturated rings. The summed E-state index contributed by atoms with van der Waals surface area (Å²) >= 11 is 0. The highest BCUT2D eigenvalue weighted by Crippen LogP contribution is 2.31. The molecule has 2 aromatic rings. The van der Waals surface area contributed by atoms with Gasteiger partial charge in [-0.25, -0.2) is 0 Å². The second-order valence-electron chi connectivity index (χ2n) is 5.90. The molecule has 0 radical (unpaired) electrons. The van der Waals surface area contributed by atoms with E-state index in [0.717, 1.165) is 17.2 Å². The molecule has 0 spiro atoms. The Balaban J connectivity index is 1.99. The molecule has 6 heteroatoms. The maximum absolute atomic E-state index is 13.0. The van der Waals surface area contributed by atoms with Crippen LogP contribution in [0.4, 0.5) is 13.2 Å². The van der Waals surface area contributed by atoms with Crippen molar-refractivity contribution in [2.24, 2.45) is 0 Å². The number of rotatable bonds is 6. The fourth-order valence-electron chi connectivity index (χ4n) is 2.22. The maximum Gasteiger partial charge on any atom is 0.417 e. The van der Waals surface area contributed by atoms with Gasteiger partial charge >= 0.3 is 6.18 Å². The molecule has 0 aliphatic carbocycles. The quantitative estimate of drug-likeness (QED) is 0.828. The van der Waals surface area contributed by atoms with Gasteiger partial charge in [-0.05, 0) is 37.1 Å². The molecule has 0 unspecified atom stereocenters. The van der Waals surface area contributed by atoms with Gasteiger partial charge in [-0.2, -0.15) is 13.2 Å². The molecule has 0 saturated heterocycles. The normalized spacial score (nSPS) is 11.6. The third kappa shape index (κ3) is 5.60. The number of nitrogens with one attached hydrogen (secondary N) is 1. The molecule has 2 rings (SSSR count). The Kier molecular flexibility index (Phi) is 6.20. The van der Waals surface area contributed by atoms with Crippen LogP contribution in [-0.2, 0) is 24.1 Å². The number of amides is 1. The first kappa shape index (κ1) is 19.0. The average molecular weight is 351 g/mol. The number of ether oxygens (including phenoxy) is 1. The van der Waals surface area contributed by atoms with E-state index in [9.17, 15) is 18.0 Å². The van der Waals surface area contributed by atoms with Crippen molar-refractivity contribution >= 4 is 5.91 Å². The predicted octanol–water partition coefficient (Wildman–Crippen LogP) is 4.56. The summed E-state index contributed by atoms with van der Waals surface area (Å²) in [6.07, 6.45) is -4.43. The van der Waals surface area contributed by atoms with Gasteiger partial charge in [-0.1, -0.05) is 36.4 Å². The van der Waals surface area contributed by atoms with Crippen LogP contribution in [0, 0.1) is 0 Å². The highest BCUT2D eigenvalue weighted by atomic mass is 19.4. The molecule has 0 saturated carbocycles. The monoisotopic (exact) mass is 351 g/mol. The summed E-state index contributed by atoms with van der Waals surface area (Å²) in [5.74, 6) is -0.750. The first-order valence-electron chi connectivity index (χ1n) is 7.91. The molecular weight excluding hydrogens is 331 g/mol. The molecule has 0 aliphatic rings. The Labute approximate surface area is 144 Å². The summed E-state index contributed by atoms with van der Waals surface area (Å²) in [4.78, 5) is 12.1. The van der Waals surface area contributed by atoms with Crippen molar-refractivity contribution < 1.29 is 22.7 Å². The van der Waals surface area contributed by atoms with E-state index >= 15 is 0 Å². The van der Waals surface area contributed by atoms with Crippen molar-refractivity contribution in [2.45, 2.75) is 39.3 Å². The van der Waals surface area contributed by atoms with Crippen molar-refractivity contribution in [1.29, 1.82) is 0 Å². The second kappa shape index (κ2) is 8.16. The molecule has 0 heterocycles. The Morgan fingerprint density at radius 2 is 1.64 bits per heavy atom. The number of carbonyl (C=O) groups excluding carboxylic acids is 1. The van der Waals surface area contributed by atoms with E-state index in [4.69, 9.17) is 4.74 Å². The lowest BCUT2D eigenvalue weighted by Crippen LogP contribution is -2.25. The minimum atomic E-state index is -4.56. The number of carbonyl (C=O) groups is 1. The summed E-state index contributed by atoms with van der Waals surface area (Å²) in [7, 11) is 0. The maximum atomic E-state index is 13.0. The van der Waals surface area contributed by atoms with Gasteiger partial charge in [-0.15, -0.1) is 0 Å². The highest BCUT2D eigenvalue weighted by Gasteiger charge is 2.34. The second-order valence-corrected chi connectivity index (χ2v) is 5.90. The van der Waals surface area contributed by atoms with Crippen LogP contribution >= 0.6 is 0 Å². The van der Waals surface area contributed by atoms with Crippen molar-refractivity contribution in [3.05, 3.63) is 70.8 Å². The summed E-state index contributed by atoms with van der Waals surface area (Å²) in [6, 6.07) is 12.1. The van der Waals surface area contributed by atoms with Gasteiger partial charge in [0.2, 0.25) is 0 Å². The lowest BCUT2D eigenvalue weighted by atomic mass is 10.1. The van der Waals surface area contributed by atoms with E-state index in [1.54, 1.807) is 0 Å². The van der Waals surface area contributed by atoms with Crippen LogP contribution in [0.5, 0.6) is 0 Å². The van der Waals surface area contributed by atoms with E-state index < -0.39 is 17.6 Å². The number of hydrogen-bond acceptors (Lipinski definition) is 2. The average Bonchev–Trinajstić information content (AvgIpc) is 2.58. The number of halogens is 3. The zero-order valence-corrected chi connectivity index (χ0v) is 14.1. The molecule has 0 aliphatic heterocycles. The van der Waals surface area contributed by atoms with Crippen LogP contribution in [0.15, 0.2) is 48.5 Å². The Bertz CT molecular complexity index is 709. The number of benzene rings is 2. The molecule has 1 amide bonds. The van der Waals surface area contributed by atoms with Crippen LogP contribution in [-0.4, -0.2) is 12.0 Å². The standard InChI is InChI=1S/C19H20F3NO2/c1-13(2)25-12-15-9-7-14(8-10-15)11-23-18(24)16-5-3-4-6-17(16)19(20,21)22/h3-10,13H,11-12H2,1-2H3,(H,23,24). The zero-order chi connectivity index (χ0) is 18.4. The van der Waals surface area contributed by atoms with Gasteiger partial charge in [0.05, 0.1) is 23.8 Å². The van der Waals surface area contributed by atoms with Crippen LogP contribution < -0.4 is 5.32 Å². The van der Waals surface area contributed by atoms with E-state index in [1.165, 1.54) is 18.2 Å². The molecule has 0 atom stereocenters. The van der Waals surface area contributed by atoms with Gasteiger partial charge < -0.3 is 10.1 Å². The third-order valence-corrected chi connectivity index (χ3v) is 3.54. The Morgan fingerprint density at radius 3 is 2.24 bits per heavy atom. The summed E-state index contributed by atoms with van der Waals surface area (Å²) < 4.78 is 44.4. The molecule has 2 aromatic carbocycles. The predicted molar refractivity (Wildman–Crippen MR) is 89.0 cm³/mol. The summed E-state index contributed by atoms with van der Waals surface area (Å²) in [5.41, 5.74) is 0.475. The van der Waals surface area contributed by atoms with E-state index in [1.807, 2.05) is 38.1 Å². The van der Waals surface area contributed by atoms with Gasteiger partial charge in [0.15, 0.2) is 0 Å². The molecule has 0 aromatic heterocycles. The van der Waals surface area contributed by atoms with Crippen molar-refractivity contribution in [3.63, 3.8) is 0 Å². The van der Waals surface area contributed by atoms with E-state index in [-0.39, 0.29) is 18.2 Å². The topological polar surface area (TPSA) is 38.3 Å².